The van der Waals surface area contributed by atoms with E-state index >= 15 is 0 Å². The maximum Gasteiger partial charge on any atom is 0.325 e. The third kappa shape index (κ3) is 4.18. The SMILES string of the molecule is COC(=O)CN1CCN(C2=NC3C(C(=O)NC(=O)N3C)N2Cc2ccc(F)cc2)CC1. The molecule has 31 heavy (non-hydrogen) atoms. The number of hydrogen-bond donors (Lipinski definition) is 1. The van der Waals surface area contributed by atoms with Crippen LogP contribution in [0.3, 0.4) is 0 Å². The fourth-order valence-electron chi connectivity index (χ4n) is 4.08. The number of likely N-dealkylation sites (N-methyl/N-ethyl adjacent to an activating group) is 1. The minimum Gasteiger partial charge on any atom is -0.468 e. The van der Waals surface area contributed by atoms with E-state index in [0.29, 0.717) is 38.7 Å². The Morgan fingerprint density at radius 1 is 1.19 bits per heavy atom. The molecule has 4 rings (SSSR count). The van der Waals surface area contributed by atoms with Crippen molar-refractivity contribution in [1.82, 2.24) is 24.9 Å². The van der Waals surface area contributed by atoms with Gasteiger partial charge in [0.1, 0.15) is 5.82 Å². The van der Waals surface area contributed by atoms with Crippen molar-refractivity contribution in [2.45, 2.75) is 18.8 Å². The van der Waals surface area contributed by atoms with Gasteiger partial charge in [0.05, 0.1) is 13.7 Å². The largest absolute Gasteiger partial charge is 0.468 e. The molecule has 2 fully saturated rings. The summed E-state index contributed by atoms with van der Waals surface area (Å²) >= 11 is 0. The van der Waals surface area contributed by atoms with E-state index in [1.807, 2.05) is 9.80 Å². The average molecular weight is 432 g/mol. The maximum absolute atomic E-state index is 13.4. The van der Waals surface area contributed by atoms with E-state index in [4.69, 9.17) is 9.73 Å². The van der Waals surface area contributed by atoms with E-state index in [0.717, 1.165) is 5.56 Å². The minimum absolute atomic E-state index is 0.223. The Morgan fingerprint density at radius 3 is 2.52 bits per heavy atom. The van der Waals surface area contributed by atoms with E-state index in [-0.39, 0.29) is 18.3 Å². The lowest BCUT2D eigenvalue weighted by Gasteiger charge is -2.40. The van der Waals surface area contributed by atoms with Crippen LogP contribution in [0.15, 0.2) is 29.3 Å². The molecule has 3 aliphatic heterocycles. The Bertz CT molecular complexity index is 899. The molecule has 3 heterocycles. The number of piperazine rings is 1. The first kappa shape index (κ1) is 21.0. The number of nitrogens with zero attached hydrogens (tertiary/aromatic N) is 5. The number of urea groups is 1. The standard InChI is InChI=1S/C20H25FN6O4/c1-24-17-16(18(29)23-20(24)30)27(11-13-3-5-14(21)6-4-13)19(22-17)26-9-7-25(8-10-26)12-15(28)31-2/h3-6,16-17H,7-12H2,1-2H3,(H,23,29,30). The summed E-state index contributed by atoms with van der Waals surface area (Å²) in [6, 6.07) is 4.94. The Labute approximate surface area is 179 Å². The molecule has 166 valence electrons. The van der Waals surface area contributed by atoms with Gasteiger partial charge < -0.3 is 19.4 Å². The number of halogens is 1. The van der Waals surface area contributed by atoms with Gasteiger partial charge in [0.25, 0.3) is 5.91 Å². The van der Waals surface area contributed by atoms with E-state index in [1.54, 1.807) is 19.2 Å². The van der Waals surface area contributed by atoms with E-state index in [2.05, 4.69) is 10.2 Å². The van der Waals surface area contributed by atoms with Crippen LogP contribution in [-0.2, 0) is 20.9 Å². The van der Waals surface area contributed by atoms with Crippen LogP contribution in [0, 0.1) is 5.82 Å². The van der Waals surface area contributed by atoms with Gasteiger partial charge in [-0.2, -0.15) is 0 Å². The first-order valence-corrected chi connectivity index (χ1v) is 10.1. The van der Waals surface area contributed by atoms with E-state index < -0.39 is 24.1 Å². The molecule has 1 N–H and O–H groups in total. The van der Waals surface area contributed by atoms with Crippen LogP contribution in [0.4, 0.5) is 9.18 Å². The van der Waals surface area contributed by atoms with Gasteiger partial charge in [-0.05, 0) is 17.7 Å². The molecule has 3 aliphatic rings. The van der Waals surface area contributed by atoms with Crippen LogP contribution in [0.5, 0.6) is 0 Å². The van der Waals surface area contributed by atoms with Crippen LogP contribution in [-0.4, -0.2) is 103 Å². The van der Waals surface area contributed by atoms with Crippen molar-refractivity contribution in [1.29, 1.82) is 0 Å². The summed E-state index contributed by atoms with van der Waals surface area (Å²) in [4.78, 5) is 48.5. The highest BCUT2D eigenvalue weighted by Gasteiger charge is 2.49. The van der Waals surface area contributed by atoms with Gasteiger partial charge in [0, 0.05) is 39.8 Å². The van der Waals surface area contributed by atoms with Crippen LogP contribution in [0.25, 0.3) is 0 Å². The Kier molecular flexibility index (Phi) is 5.77. The van der Waals surface area contributed by atoms with Crippen molar-refractivity contribution in [3.05, 3.63) is 35.6 Å². The zero-order valence-corrected chi connectivity index (χ0v) is 17.5. The molecular weight excluding hydrogens is 407 g/mol. The summed E-state index contributed by atoms with van der Waals surface area (Å²) in [5, 5.41) is 2.38. The Hall–Kier alpha value is -3.21. The number of carbonyl (C=O) groups excluding carboxylic acids is 3. The average Bonchev–Trinajstić information content (AvgIpc) is 3.14. The molecule has 2 atom stereocenters. The van der Waals surface area contributed by atoms with Gasteiger partial charge in [-0.3, -0.25) is 19.8 Å². The van der Waals surface area contributed by atoms with Crippen molar-refractivity contribution in [2.24, 2.45) is 4.99 Å². The Balaban J connectivity index is 1.56. The number of amides is 3. The van der Waals surface area contributed by atoms with Crippen molar-refractivity contribution in [3.8, 4) is 0 Å². The number of carbonyl (C=O) groups is 3. The third-order valence-electron chi connectivity index (χ3n) is 5.84. The molecule has 1 aromatic carbocycles. The topological polar surface area (TPSA) is 97.8 Å². The number of aliphatic imine (C=N–C) groups is 1. The number of ether oxygens (including phenoxy) is 1. The molecule has 0 radical (unpaired) electrons. The zero-order chi connectivity index (χ0) is 22.1. The first-order chi connectivity index (χ1) is 14.9. The minimum atomic E-state index is -0.671. The van der Waals surface area contributed by atoms with E-state index in [1.165, 1.54) is 24.1 Å². The quantitative estimate of drug-likeness (QED) is 0.651. The lowest BCUT2D eigenvalue weighted by atomic mass is 10.1. The summed E-state index contributed by atoms with van der Waals surface area (Å²) in [5.41, 5.74) is 0.825. The summed E-state index contributed by atoms with van der Waals surface area (Å²) < 4.78 is 18.1. The van der Waals surface area contributed by atoms with Gasteiger partial charge in [0.15, 0.2) is 18.2 Å². The fraction of sp³-hybridized carbons (Fsp3) is 0.500. The highest BCUT2D eigenvalue weighted by Crippen LogP contribution is 2.27. The molecule has 0 aromatic heterocycles. The van der Waals surface area contributed by atoms with E-state index in [9.17, 15) is 18.8 Å². The number of methoxy groups -OCH3 is 1. The monoisotopic (exact) mass is 432 g/mol. The number of esters is 1. The molecule has 1 aromatic rings. The third-order valence-corrected chi connectivity index (χ3v) is 5.84. The van der Waals surface area contributed by atoms with Gasteiger partial charge in [0.2, 0.25) is 0 Å². The van der Waals surface area contributed by atoms with Gasteiger partial charge in [-0.15, -0.1) is 0 Å². The number of guanidine groups is 1. The number of imide groups is 1. The van der Waals surface area contributed by atoms with Crippen LogP contribution in [0.1, 0.15) is 5.56 Å². The lowest BCUT2D eigenvalue weighted by molar-refractivity contribution is -0.142. The molecule has 0 spiro atoms. The molecule has 10 nitrogen and oxygen atoms in total. The second kappa shape index (κ2) is 8.50. The summed E-state index contributed by atoms with van der Waals surface area (Å²) in [6.07, 6.45) is -0.634. The summed E-state index contributed by atoms with van der Waals surface area (Å²) in [5.74, 6) is -0.404. The van der Waals surface area contributed by atoms with Crippen molar-refractivity contribution < 1.29 is 23.5 Å². The van der Waals surface area contributed by atoms with Crippen LogP contribution < -0.4 is 5.32 Å². The molecule has 0 saturated carbocycles. The van der Waals surface area contributed by atoms with Crippen molar-refractivity contribution >= 4 is 23.9 Å². The number of nitrogens with one attached hydrogen (secondary N) is 1. The summed E-state index contributed by atoms with van der Waals surface area (Å²) in [7, 11) is 2.97. The van der Waals surface area contributed by atoms with Gasteiger partial charge >= 0.3 is 12.0 Å². The van der Waals surface area contributed by atoms with Crippen molar-refractivity contribution in [3.63, 3.8) is 0 Å². The predicted octanol–water partition coefficient (Wildman–Crippen LogP) is -0.336. The molecule has 11 heteroatoms. The number of rotatable bonds is 4. The number of hydrogen-bond acceptors (Lipinski definition) is 8. The smallest absolute Gasteiger partial charge is 0.325 e. The Morgan fingerprint density at radius 2 is 1.87 bits per heavy atom. The zero-order valence-electron chi connectivity index (χ0n) is 17.5. The predicted molar refractivity (Wildman–Crippen MR) is 108 cm³/mol. The lowest BCUT2D eigenvalue weighted by Crippen LogP contribution is -2.64. The maximum atomic E-state index is 13.4. The second-order valence-corrected chi connectivity index (χ2v) is 7.79. The molecule has 0 aliphatic carbocycles. The second-order valence-electron chi connectivity index (χ2n) is 7.79. The molecular formula is C20H25FN6O4. The number of benzene rings is 1. The summed E-state index contributed by atoms with van der Waals surface area (Å²) in [6.45, 7) is 3.05. The first-order valence-electron chi connectivity index (χ1n) is 10.1. The van der Waals surface area contributed by atoms with Gasteiger partial charge in [-0.1, -0.05) is 12.1 Å². The normalized spacial score (nSPS) is 24.1. The van der Waals surface area contributed by atoms with Crippen LogP contribution in [0.2, 0.25) is 0 Å². The molecule has 0 bridgehead atoms. The molecule has 3 amide bonds. The highest BCUT2D eigenvalue weighted by atomic mass is 19.1. The number of fused-ring (bicyclic) bond motifs is 1. The molecule has 2 saturated heterocycles. The van der Waals surface area contributed by atoms with Gasteiger partial charge in [-0.25, -0.2) is 14.2 Å². The van der Waals surface area contributed by atoms with Crippen molar-refractivity contribution in [2.75, 3.05) is 46.9 Å². The van der Waals surface area contributed by atoms with Crippen LogP contribution >= 0.6 is 0 Å². The molecule has 2 unspecified atom stereocenters. The fourth-order valence-corrected chi connectivity index (χ4v) is 4.08. The highest BCUT2D eigenvalue weighted by molar-refractivity contribution is 6.03.